The highest BCUT2D eigenvalue weighted by atomic mass is 32.2. The number of carbonyl (C=O) groups is 2. The molecule has 1 fully saturated rings. The Balaban J connectivity index is 1.20. The Morgan fingerprint density at radius 3 is 2.37 bits per heavy atom. The second-order valence-corrected chi connectivity index (χ2v) is 13.2. The maximum atomic E-state index is 14.0. The molecular formula is C34H36N4O4S. The fourth-order valence-electron chi connectivity index (χ4n) is 5.94. The molecule has 0 aliphatic carbocycles. The van der Waals surface area contributed by atoms with E-state index in [0.29, 0.717) is 25.2 Å². The van der Waals surface area contributed by atoms with Crippen LogP contribution in [0.2, 0.25) is 0 Å². The maximum absolute atomic E-state index is 14.0. The molecule has 6 rings (SSSR count). The minimum Gasteiger partial charge on any atom is -0.344 e. The van der Waals surface area contributed by atoms with E-state index in [4.69, 9.17) is 0 Å². The van der Waals surface area contributed by atoms with Crippen molar-refractivity contribution in [2.75, 3.05) is 17.8 Å². The minimum atomic E-state index is -3.75. The number of nitrogens with one attached hydrogen (secondary N) is 3. The van der Waals surface area contributed by atoms with Gasteiger partial charge in [0.25, 0.3) is 10.0 Å². The quantitative estimate of drug-likeness (QED) is 0.277. The first kappa shape index (κ1) is 28.9. The van der Waals surface area contributed by atoms with Crippen LogP contribution in [-0.2, 0) is 39.1 Å². The summed E-state index contributed by atoms with van der Waals surface area (Å²) in [6.07, 6.45) is 1.88. The monoisotopic (exact) mass is 596 g/mol. The van der Waals surface area contributed by atoms with E-state index in [1.165, 1.54) is 0 Å². The molecule has 1 atom stereocenters. The molecule has 222 valence electrons. The molecule has 0 unspecified atom stereocenters. The lowest BCUT2D eigenvalue weighted by Crippen LogP contribution is -2.50. The predicted octanol–water partition coefficient (Wildman–Crippen LogP) is 4.52. The average Bonchev–Trinajstić information content (AvgIpc) is 3.44. The van der Waals surface area contributed by atoms with Crippen LogP contribution in [0.1, 0.15) is 35.1 Å². The molecule has 4 aromatic rings. The lowest BCUT2D eigenvalue weighted by atomic mass is 9.95. The van der Waals surface area contributed by atoms with Gasteiger partial charge in [-0.1, -0.05) is 66.2 Å². The molecule has 4 aromatic carbocycles. The van der Waals surface area contributed by atoms with Crippen LogP contribution in [-0.4, -0.2) is 44.3 Å². The van der Waals surface area contributed by atoms with Gasteiger partial charge in [-0.15, -0.1) is 0 Å². The number of hydrogen-bond acceptors (Lipinski definition) is 5. The van der Waals surface area contributed by atoms with E-state index in [-0.39, 0.29) is 22.6 Å². The Hall–Kier alpha value is -4.21. The highest BCUT2D eigenvalue weighted by Gasteiger charge is 2.32. The van der Waals surface area contributed by atoms with Crippen molar-refractivity contribution in [2.24, 2.45) is 5.92 Å². The third kappa shape index (κ3) is 6.58. The van der Waals surface area contributed by atoms with Gasteiger partial charge in [0.1, 0.15) is 6.04 Å². The molecule has 0 spiro atoms. The third-order valence-electron chi connectivity index (χ3n) is 8.40. The number of hydrogen-bond donors (Lipinski definition) is 3. The fourth-order valence-corrected chi connectivity index (χ4v) is 6.99. The van der Waals surface area contributed by atoms with Gasteiger partial charge in [0.05, 0.1) is 4.90 Å². The van der Waals surface area contributed by atoms with Gasteiger partial charge in [-0.2, -0.15) is 0 Å². The molecule has 8 nitrogen and oxygen atoms in total. The number of aryl methyl sites for hydroxylation is 1. The van der Waals surface area contributed by atoms with Crippen LogP contribution in [0.4, 0.5) is 5.69 Å². The summed E-state index contributed by atoms with van der Waals surface area (Å²) in [6.45, 7) is 4.22. The molecule has 2 aliphatic heterocycles. The molecule has 2 amide bonds. The maximum Gasteiger partial charge on any atom is 0.261 e. The second kappa shape index (κ2) is 12.2. The van der Waals surface area contributed by atoms with Crippen LogP contribution >= 0.6 is 0 Å². The van der Waals surface area contributed by atoms with Crippen LogP contribution < -0.4 is 15.4 Å². The van der Waals surface area contributed by atoms with Crippen LogP contribution in [0.5, 0.6) is 0 Å². The molecule has 1 saturated heterocycles. The van der Waals surface area contributed by atoms with Crippen molar-refractivity contribution in [1.29, 1.82) is 0 Å². The Morgan fingerprint density at radius 2 is 1.60 bits per heavy atom. The summed E-state index contributed by atoms with van der Waals surface area (Å²) in [6, 6.07) is 25.6. The zero-order valence-corrected chi connectivity index (χ0v) is 25.0. The molecule has 2 heterocycles. The van der Waals surface area contributed by atoms with E-state index in [1.54, 1.807) is 41.3 Å². The largest absolute Gasteiger partial charge is 0.344 e. The Labute approximate surface area is 252 Å². The van der Waals surface area contributed by atoms with Gasteiger partial charge in [-0.3, -0.25) is 14.3 Å². The van der Waals surface area contributed by atoms with Crippen molar-refractivity contribution >= 4 is 38.3 Å². The van der Waals surface area contributed by atoms with E-state index in [9.17, 15) is 18.0 Å². The SMILES string of the molecule is Cc1ccc(S(=O)(=O)Nc2ccc3c(c2)CN(C(=O)[C@@H](Cc2ccc4ccccc4c2)NC(=O)C2CCNCC2)C3)cc1. The number of amides is 2. The lowest BCUT2D eigenvalue weighted by Gasteiger charge is -2.28. The number of rotatable bonds is 8. The van der Waals surface area contributed by atoms with E-state index in [2.05, 4.69) is 27.5 Å². The first-order chi connectivity index (χ1) is 20.7. The highest BCUT2D eigenvalue weighted by molar-refractivity contribution is 7.92. The number of benzene rings is 4. The van der Waals surface area contributed by atoms with Gasteiger partial charge in [0, 0.05) is 31.1 Å². The first-order valence-electron chi connectivity index (χ1n) is 14.7. The van der Waals surface area contributed by atoms with Crippen LogP contribution in [0.15, 0.2) is 89.8 Å². The number of piperidine rings is 1. The number of nitrogens with zero attached hydrogens (tertiary/aromatic N) is 1. The van der Waals surface area contributed by atoms with Crippen molar-refractivity contribution in [1.82, 2.24) is 15.5 Å². The molecule has 2 aliphatic rings. The van der Waals surface area contributed by atoms with Crippen molar-refractivity contribution in [3.8, 4) is 0 Å². The Morgan fingerprint density at radius 1 is 0.884 bits per heavy atom. The summed E-state index contributed by atoms with van der Waals surface area (Å²) in [7, 11) is -3.75. The van der Waals surface area contributed by atoms with Crippen molar-refractivity contribution < 1.29 is 18.0 Å². The van der Waals surface area contributed by atoms with Crippen molar-refractivity contribution in [3.63, 3.8) is 0 Å². The molecule has 9 heteroatoms. The summed E-state index contributed by atoms with van der Waals surface area (Å²) >= 11 is 0. The highest BCUT2D eigenvalue weighted by Crippen LogP contribution is 2.28. The molecule has 0 bridgehead atoms. The van der Waals surface area contributed by atoms with Gasteiger partial charge < -0.3 is 15.5 Å². The summed E-state index contributed by atoms with van der Waals surface area (Å²) < 4.78 is 28.6. The first-order valence-corrected chi connectivity index (χ1v) is 16.2. The van der Waals surface area contributed by atoms with E-state index < -0.39 is 16.1 Å². The van der Waals surface area contributed by atoms with Gasteiger partial charge in [0.15, 0.2) is 0 Å². The number of fused-ring (bicyclic) bond motifs is 2. The standard InChI is InChI=1S/C34H36N4O4S/c1-23-6-12-31(13-7-23)43(41,42)37-30-11-10-28-21-38(22-29(28)20-30)34(40)32(36-33(39)26-14-16-35-17-15-26)19-24-8-9-25-4-2-3-5-27(25)18-24/h2-13,18,20,26,32,35,37H,14-17,19,21-22H2,1H3,(H,36,39)/t32-/m1/s1. The van der Waals surface area contributed by atoms with E-state index in [1.807, 2.05) is 43.3 Å². The molecule has 3 N–H and O–H groups in total. The number of carbonyl (C=O) groups excluding carboxylic acids is 2. The van der Waals surface area contributed by atoms with Gasteiger partial charge >= 0.3 is 0 Å². The van der Waals surface area contributed by atoms with Gasteiger partial charge in [-0.05, 0) is 84.6 Å². The van der Waals surface area contributed by atoms with E-state index in [0.717, 1.165) is 59.0 Å². The summed E-state index contributed by atoms with van der Waals surface area (Å²) in [5.41, 5.74) is 4.24. The smallest absolute Gasteiger partial charge is 0.261 e. The summed E-state index contributed by atoms with van der Waals surface area (Å²) in [5.74, 6) is -0.341. The average molecular weight is 597 g/mol. The van der Waals surface area contributed by atoms with Gasteiger partial charge in [0.2, 0.25) is 11.8 Å². The Bertz CT molecular complexity index is 1770. The third-order valence-corrected chi connectivity index (χ3v) is 9.80. The van der Waals surface area contributed by atoms with E-state index >= 15 is 0 Å². The molecule has 0 saturated carbocycles. The molecular weight excluding hydrogens is 560 g/mol. The number of sulfonamides is 1. The normalized spacial score (nSPS) is 16.1. The fraction of sp³-hybridized carbons (Fsp3) is 0.294. The zero-order valence-electron chi connectivity index (χ0n) is 24.2. The summed E-state index contributed by atoms with van der Waals surface area (Å²) in [4.78, 5) is 29.2. The van der Waals surface area contributed by atoms with Crippen LogP contribution in [0.3, 0.4) is 0 Å². The minimum absolute atomic E-state index is 0.0786. The molecule has 0 radical (unpaired) electrons. The second-order valence-electron chi connectivity index (χ2n) is 11.6. The summed E-state index contributed by atoms with van der Waals surface area (Å²) in [5, 5.41) is 8.60. The molecule has 43 heavy (non-hydrogen) atoms. The number of anilines is 1. The molecule has 0 aromatic heterocycles. The van der Waals surface area contributed by atoms with Crippen LogP contribution in [0.25, 0.3) is 10.8 Å². The van der Waals surface area contributed by atoms with Crippen molar-refractivity contribution in [2.45, 2.75) is 50.2 Å². The van der Waals surface area contributed by atoms with Crippen molar-refractivity contribution in [3.05, 3.63) is 107 Å². The lowest BCUT2D eigenvalue weighted by molar-refractivity contribution is -0.138. The topological polar surface area (TPSA) is 108 Å². The predicted molar refractivity (Wildman–Crippen MR) is 168 cm³/mol. The zero-order chi connectivity index (χ0) is 30.0. The van der Waals surface area contributed by atoms with Crippen LogP contribution in [0, 0.1) is 12.8 Å². The Kier molecular flexibility index (Phi) is 8.19. The van der Waals surface area contributed by atoms with Gasteiger partial charge in [-0.25, -0.2) is 8.42 Å².